The van der Waals surface area contributed by atoms with Gasteiger partial charge in [-0.1, -0.05) is 11.6 Å². The van der Waals surface area contributed by atoms with Gasteiger partial charge in [-0.15, -0.1) is 0 Å². The maximum atomic E-state index is 9.92. The zero-order chi connectivity index (χ0) is 17.6. The summed E-state index contributed by atoms with van der Waals surface area (Å²) in [4.78, 5) is 6.40. The Morgan fingerprint density at radius 1 is 1.28 bits per heavy atom. The van der Waals surface area contributed by atoms with Crippen molar-refractivity contribution < 1.29 is 9.11 Å². The average molecular weight is 385 g/mol. The van der Waals surface area contributed by atoms with Gasteiger partial charge < -0.3 is 4.90 Å². The van der Waals surface area contributed by atoms with Crippen LogP contribution in [0.5, 0.6) is 0 Å². The predicted octanol–water partition coefficient (Wildman–Crippen LogP) is 1.98. The molecule has 0 saturated carbocycles. The van der Waals surface area contributed by atoms with E-state index in [9.17, 15) is 9.11 Å². The Balaban J connectivity index is 1.74. The SMILES string of the molecule is NN1CC=CN1Cc1cc(Cl)c2cncn2c1N1CCS(O)(O)CC1. The van der Waals surface area contributed by atoms with E-state index in [0.29, 0.717) is 42.7 Å². The minimum absolute atomic E-state index is 0.373. The molecule has 10 heteroatoms. The van der Waals surface area contributed by atoms with E-state index >= 15 is 0 Å². The summed E-state index contributed by atoms with van der Waals surface area (Å²) in [5.41, 5.74) is 1.84. The van der Waals surface area contributed by atoms with Crippen LogP contribution in [0, 0.1) is 0 Å². The molecule has 0 atom stereocenters. The molecule has 2 aliphatic rings. The van der Waals surface area contributed by atoms with E-state index in [2.05, 4.69) is 9.88 Å². The van der Waals surface area contributed by atoms with Crippen LogP contribution >= 0.6 is 22.2 Å². The molecular weight excluding hydrogens is 364 g/mol. The third kappa shape index (κ3) is 3.19. The lowest BCUT2D eigenvalue weighted by atomic mass is 10.2. The van der Waals surface area contributed by atoms with Gasteiger partial charge in [-0.25, -0.2) is 4.98 Å². The number of halogens is 1. The minimum atomic E-state index is -2.46. The molecule has 8 nitrogen and oxygen atoms in total. The van der Waals surface area contributed by atoms with Crippen LogP contribution in [0.2, 0.25) is 5.02 Å². The second-order valence-electron chi connectivity index (χ2n) is 6.29. The highest BCUT2D eigenvalue weighted by Gasteiger charge is 2.27. The molecule has 0 amide bonds. The van der Waals surface area contributed by atoms with E-state index in [1.807, 2.05) is 27.8 Å². The zero-order valence-corrected chi connectivity index (χ0v) is 15.2. The van der Waals surface area contributed by atoms with E-state index in [1.165, 1.54) is 0 Å². The molecule has 0 radical (unpaired) electrons. The van der Waals surface area contributed by atoms with Crippen LogP contribution in [0.3, 0.4) is 0 Å². The fourth-order valence-electron chi connectivity index (χ4n) is 3.28. The molecule has 1 fully saturated rings. The number of fused-ring (bicyclic) bond motifs is 1. The van der Waals surface area contributed by atoms with Crippen molar-refractivity contribution in [2.24, 2.45) is 5.84 Å². The number of rotatable bonds is 3. The van der Waals surface area contributed by atoms with Gasteiger partial charge in [0, 0.05) is 24.9 Å². The van der Waals surface area contributed by atoms with Crippen LogP contribution in [0.4, 0.5) is 5.82 Å². The first kappa shape index (κ1) is 17.0. The quantitative estimate of drug-likeness (QED) is 0.696. The number of hydrogen-bond acceptors (Lipinski definition) is 7. The summed E-state index contributed by atoms with van der Waals surface area (Å²) < 4.78 is 21.8. The van der Waals surface area contributed by atoms with Gasteiger partial charge in [0.25, 0.3) is 0 Å². The number of nitrogens with zero attached hydrogens (tertiary/aromatic N) is 5. The average Bonchev–Trinajstić information content (AvgIpc) is 3.19. The van der Waals surface area contributed by atoms with Gasteiger partial charge >= 0.3 is 0 Å². The van der Waals surface area contributed by atoms with Crippen molar-refractivity contribution >= 4 is 33.5 Å². The lowest BCUT2D eigenvalue weighted by Crippen LogP contribution is -2.42. The Hall–Kier alpha value is -1.49. The molecule has 2 aromatic heterocycles. The first-order valence-electron chi connectivity index (χ1n) is 8.02. The Labute approximate surface area is 152 Å². The van der Waals surface area contributed by atoms with Crippen molar-refractivity contribution in [1.29, 1.82) is 0 Å². The van der Waals surface area contributed by atoms with E-state index in [-0.39, 0.29) is 0 Å². The van der Waals surface area contributed by atoms with Crippen molar-refractivity contribution in [1.82, 2.24) is 19.5 Å². The van der Waals surface area contributed by atoms with E-state index in [0.717, 1.165) is 16.9 Å². The molecule has 1 saturated heterocycles. The Morgan fingerprint density at radius 3 is 2.72 bits per heavy atom. The van der Waals surface area contributed by atoms with Gasteiger partial charge in [0.05, 0.1) is 41.3 Å². The zero-order valence-electron chi connectivity index (χ0n) is 13.6. The summed E-state index contributed by atoms with van der Waals surface area (Å²) in [6.07, 6.45) is 7.42. The summed E-state index contributed by atoms with van der Waals surface area (Å²) in [5, 5.41) is 4.20. The number of hydrazine groups is 2. The van der Waals surface area contributed by atoms with Gasteiger partial charge in [-0.05, 0) is 12.1 Å². The Kier molecular flexibility index (Phi) is 4.30. The molecule has 136 valence electrons. The number of imidazole rings is 1. The van der Waals surface area contributed by atoms with Gasteiger partial charge in [-0.2, -0.15) is 15.7 Å². The highest BCUT2D eigenvalue weighted by atomic mass is 35.5. The number of hydrogen-bond donors (Lipinski definition) is 3. The second-order valence-corrected chi connectivity index (χ2v) is 9.12. The maximum absolute atomic E-state index is 9.92. The van der Waals surface area contributed by atoms with Crippen molar-refractivity contribution in [2.45, 2.75) is 6.54 Å². The Morgan fingerprint density at radius 2 is 2.04 bits per heavy atom. The van der Waals surface area contributed by atoms with Crippen molar-refractivity contribution in [2.75, 3.05) is 36.0 Å². The summed E-state index contributed by atoms with van der Waals surface area (Å²) in [5.74, 6) is 7.71. The van der Waals surface area contributed by atoms with Crippen LogP contribution in [0.15, 0.2) is 30.9 Å². The highest BCUT2D eigenvalue weighted by Crippen LogP contribution is 2.42. The normalized spacial score (nSPS) is 22.1. The first-order valence-corrected chi connectivity index (χ1v) is 10.3. The third-order valence-electron chi connectivity index (χ3n) is 4.61. The van der Waals surface area contributed by atoms with Crippen LogP contribution in [0.1, 0.15) is 5.56 Å². The van der Waals surface area contributed by atoms with E-state index < -0.39 is 10.6 Å². The van der Waals surface area contributed by atoms with Crippen LogP contribution < -0.4 is 10.7 Å². The lowest BCUT2D eigenvalue weighted by Gasteiger charge is -2.42. The number of aromatic nitrogens is 2. The predicted molar refractivity (Wildman–Crippen MR) is 101 cm³/mol. The molecular formula is C15H21ClN6O2S. The maximum Gasteiger partial charge on any atom is 0.119 e. The molecule has 2 aliphatic heterocycles. The first-order chi connectivity index (χ1) is 11.9. The second kappa shape index (κ2) is 6.35. The standard InChI is InChI=1S/C15H21ClN6O2S/c16-13-8-12(10-20-2-1-3-22(20)17)15(21-11-18-9-14(13)21)19-4-6-25(23,24)7-5-19/h1-2,8-9,11,23-24H,3-7,10,17H2. The smallest absolute Gasteiger partial charge is 0.119 e. The van der Waals surface area contributed by atoms with Crippen molar-refractivity contribution in [3.63, 3.8) is 0 Å². The molecule has 25 heavy (non-hydrogen) atoms. The van der Waals surface area contributed by atoms with E-state index in [1.54, 1.807) is 17.6 Å². The van der Waals surface area contributed by atoms with Crippen LogP contribution in [-0.4, -0.2) is 59.8 Å². The molecule has 4 N–H and O–H groups in total. The summed E-state index contributed by atoms with van der Waals surface area (Å²) in [7, 11) is -2.46. The van der Waals surface area contributed by atoms with Gasteiger partial charge in [0.2, 0.25) is 0 Å². The van der Waals surface area contributed by atoms with Gasteiger partial charge in [-0.3, -0.25) is 24.4 Å². The fraction of sp³-hybridized carbons (Fsp3) is 0.400. The largest absolute Gasteiger partial charge is 0.354 e. The van der Waals surface area contributed by atoms with Gasteiger partial charge in [0.1, 0.15) is 12.1 Å². The number of anilines is 1. The Bertz CT molecular complexity index is 816. The van der Waals surface area contributed by atoms with Crippen molar-refractivity contribution in [3.8, 4) is 0 Å². The van der Waals surface area contributed by atoms with Gasteiger partial charge in [0.15, 0.2) is 0 Å². The lowest BCUT2D eigenvalue weighted by molar-refractivity contribution is 0.0440. The number of nitrogens with two attached hydrogens (primary N) is 1. The molecule has 4 heterocycles. The molecule has 2 aromatic rings. The molecule has 0 aromatic carbocycles. The van der Waals surface area contributed by atoms with Crippen LogP contribution in [0.25, 0.3) is 5.52 Å². The molecule has 0 bridgehead atoms. The van der Waals surface area contributed by atoms with Crippen LogP contribution in [-0.2, 0) is 6.54 Å². The topological polar surface area (TPSA) is 93.5 Å². The third-order valence-corrected chi connectivity index (χ3v) is 6.58. The molecule has 4 rings (SSSR count). The van der Waals surface area contributed by atoms with E-state index in [4.69, 9.17) is 17.4 Å². The summed E-state index contributed by atoms with van der Waals surface area (Å²) in [6, 6.07) is 1.94. The highest BCUT2D eigenvalue weighted by molar-refractivity contribution is 8.24. The molecule has 0 unspecified atom stereocenters. The van der Waals surface area contributed by atoms with Crippen molar-refractivity contribution in [3.05, 3.63) is 41.5 Å². The molecule has 0 aliphatic carbocycles. The molecule has 0 spiro atoms. The summed E-state index contributed by atoms with van der Waals surface area (Å²) in [6.45, 7) is 2.39. The number of pyridine rings is 1. The minimum Gasteiger partial charge on any atom is -0.354 e. The monoisotopic (exact) mass is 384 g/mol. The summed E-state index contributed by atoms with van der Waals surface area (Å²) >= 11 is 6.44. The fourth-order valence-corrected chi connectivity index (χ4v) is 4.78.